The number of ketones is 1. The van der Waals surface area contributed by atoms with Gasteiger partial charge in [-0.3, -0.25) is 4.79 Å². The summed E-state index contributed by atoms with van der Waals surface area (Å²) in [4.78, 5) is 15.3. The summed E-state index contributed by atoms with van der Waals surface area (Å²) >= 11 is 0. The predicted molar refractivity (Wildman–Crippen MR) is 138 cm³/mol. The quantitative estimate of drug-likeness (QED) is 0.243. The minimum atomic E-state index is -0.183. The number of anilines is 3. The average molecular weight is 450 g/mol. The third kappa shape index (κ3) is 4.02. The van der Waals surface area contributed by atoms with Crippen LogP contribution < -0.4 is 4.90 Å². The molecular weight excluding hydrogens is 430 g/mol. The fourth-order valence-corrected chi connectivity index (χ4v) is 4.33. The highest BCUT2D eigenvalue weighted by Gasteiger charge is 2.32. The van der Waals surface area contributed by atoms with Gasteiger partial charge in [0.05, 0.1) is 0 Å². The zero-order valence-corrected chi connectivity index (χ0v) is 18.7. The molecule has 4 aromatic carbocycles. The molecule has 0 radical (unpaired) electrons. The smallest absolute Gasteiger partial charge is 0.194 e. The molecule has 0 saturated carbocycles. The molecular formula is C31H19N3O. The van der Waals surface area contributed by atoms with Gasteiger partial charge in [0.15, 0.2) is 5.78 Å². The maximum atomic E-state index is 13.2. The number of nitrogens with zero attached hydrogens (tertiary/aromatic N) is 3. The molecule has 5 rings (SSSR count). The van der Waals surface area contributed by atoms with Crippen LogP contribution in [-0.4, -0.2) is 5.78 Å². The van der Waals surface area contributed by atoms with E-state index in [4.69, 9.17) is 0 Å². The van der Waals surface area contributed by atoms with Crippen molar-refractivity contribution in [1.82, 2.24) is 0 Å². The lowest BCUT2D eigenvalue weighted by Gasteiger charge is -2.25. The summed E-state index contributed by atoms with van der Waals surface area (Å²) in [7, 11) is 0. The minimum Gasteiger partial charge on any atom is -0.311 e. The van der Waals surface area contributed by atoms with Crippen LogP contribution in [0.1, 0.15) is 21.5 Å². The van der Waals surface area contributed by atoms with Gasteiger partial charge in [0.2, 0.25) is 0 Å². The van der Waals surface area contributed by atoms with Crippen LogP contribution in [-0.2, 0) is 0 Å². The first-order valence-corrected chi connectivity index (χ1v) is 11.1. The molecule has 35 heavy (non-hydrogen) atoms. The van der Waals surface area contributed by atoms with E-state index in [1.54, 1.807) is 30.3 Å². The zero-order valence-electron chi connectivity index (χ0n) is 18.7. The van der Waals surface area contributed by atoms with Crippen molar-refractivity contribution in [3.63, 3.8) is 0 Å². The predicted octanol–water partition coefficient (Wildman–Crippen LogP) is 7.24. The number of fused-ring (bicyclic) bond motifs is 1. The molecule has 1 aliphatic rings. The van der Waals surface area contributed by atoms with Crippen LogP contribution in [0.25, 0.3) is 11.6 Å². The Kier molecular flexibility index (Phi) is 5.78. The topological polar surface area (TPSA) is 67.9 Å². The molecule has 0 aliphatic heterocycles. The first-order chi connectivity index (χ1) is 17.2. The van der Waals surface area contributed by atoms with E-state index in [0.29, 0.717) is 22.3 Å². The highest BCUT2D eigenvalue weighted by atomic mass is 16.1. The first kappa shape index (κ1) is 21.6. The largest absolute Gasteiger partial charge is 0.311 e. The molecule has 0 bridgehead atoms. The minimum absolute atomic E-state index is 0.0644. The van der Waals surface area contributed by atoms with E-state index < -0.39 is 0 Å². The van der Waals surface area contributed by atoms with Crippen molar-refractivity contribution in [1.29, 1.82) is 10.5 Å². The molecule has 0 N–H and O–H groups in total. The molecule has 0 atom stereocenters. The number of hydrogen-bond donors (Lipinski definition) is 0. The monoisotopic (exact) mass is 449 g/mol. The molecule has 4 aromatic rings. The number of carbonyl (C=O) groups is 1. The van der Waals surface area contributed by atoms with Gasteiger partial charge in [-0.05, 0) is 53.6 Å². The van der Waals surface area contributed by atoms with Gasteiger partial charge < -0.3 is 4.90 Å². The summed E-state index contributed by atoms with van der Waals surface area (Å²) in [5, 5.41) is 19.0. The second kappa shape index (κ2) is 9.35. The van der Waals surface area contributed by atoms with Gasteiger partial charge in [0.25, 0.3) is 0 Å². The van der Waals surface area contributed by atoms with Crippen LogP contribution in [0.15, 0.2) is 120 Å². The summed E-state index contributed by atoms with van der Waals surface area (Å²) in [6.45, 7) is 0. The van der Waals surface area contributed by atoms with Gasteiger partial charge in [-0.15, -0.1) is 0 Å². The second-order valence-corrected chi connectivity index (χ2v) is 8.00. The van der Waals surface area contributed by atoms with E-state index in [9.17, 15) is 15.3 Å². The molecule has 0 spiro atoms. The SMILES string of the molecule is N#CC(C#N)=C1/C(=C/c2ccc(N(c3ccccc3)c3ccccc3)cc2)C(=O)c2ccccc21. The summed E-state index contributed by atoms with van der Waals surface area (Å²) in [6, 6.07) is 39.1. The van der Waals surface area contributed by atoms with E-state index in [1.807, 2.05) is 72.8 Å². The van der Waals surface area contributed by atoms with Gasteiger partial charge in [-0.1, -0.05) is 72.8 Å². The maximum absolute atomic E-state index is 13.2. The number of benzene rings is 4. The van der Waals surface area contributed by atoms with Crippen LogP contribution >= 0.6 is 0 Å². The fourth-order valence-electron chi connectivity index (χ4n) is 4.33. The molecule has 0 aromatic heterocycles. The maximum Gasteiger partial charge on any atom is 0.194 e. The van der Waals surface area contributed by atoms with Crippen molar-refractivity contribution >= 4 is 34.5 Å². The third-order valence-corrected chi connectivity index (χ3v) is 5.92. The molecule has 4 nitrogen and oxygen atoms in total. The number of hydrogen-bond acceptors (Lipinski definition) is 4. The van der Waals surface area contributed by atoms with Crippen LogP contribution in [0.4, 0.5) is 17.1 Å². The van der Waals surface area contributed by atoms with Crippen LogP contribution in [0, 0.1) is 22.7 Å². The van der Waals surface area contributed by atoms with Gasteiger partial charge >= 0.3 is 0 Å². The van der Waals surface area contributed by atoms with Crippen molar-refractivity contribution in [3.8, 4) is 12.1 Å². The summed E-state index contributed by atoms with van der Waals surface area (Å²) in [5.41, 5.74) is 5.66. The second-order valence-electron chi connectivity index (χ2n) is 8.00. The first-order valence-electron chi connectivity index (χ1n) is 11.1. The van der Waals surface area contributed by atoms with E-state index in [-0.39, 0.29) is 11.4 Å². The Morgan fingerprint density at radius 1 is 0.629 bits per heavy atom. The molecule has 4 heteroatoms. The average Bonchev–Trinajstić information content (AvgIpc) is 3.19. The van der Waals surface area contributed by atoms with Crippen LogP contribution in [0.3, 0.4) is 0 Å². The number of allylic oxidation sites excluding steroid dienone is 3. The molecule has 0 saturated heterocycles. The van der Waals surface area contributed by atoms with E-state index in [0.717, 1.165) is 22.6 Å². The number of rotatable bonds is 4. The van der Waals surface area contributed by atoms with Crippen molar-refractivity contribution in [2.24, 2.45) is 0 Å². The third-order valence-electron chi connectivity index (χ3n) is 5.92. The molecule has 0 fully saturated rings. The van der Waals surface area contributed by atoms with Crippen molar-refractivity contribution in [3.05, 3.63) is 137 Å². The lowest BCUT2D eigenvalue weighted by atomic mass is 9.98. The summed E-state index contributed by atoms with van der Waals surface area (Å²) < 4.78 is 0. The molecule has 164 valence electrons. The number of carbonyl (C=O) groups excluding carboxylic acids is 1. The Morgan fingerprint density at radius 2 is 1.11 bits per heavy atom. The Bertz CT molecular complexity index is 1500. The van der Waals surface area contributed by atoms with Crippen molar-refractivity contribution in [2.45, 2.75) is 0 Å². The number of para-hydroxylation sites is 2. The molecule has 0 amide bonds. The zero-order chi connectivity index (χ0) is 24.2. The van der Waals surface area contributed by atoms with Gasteiger partial charge in [0, 0.05) is 33.8 Å². The lowest BCUT2D eigenvalue weighted by molar-refractivity contribution is 0.104. The Hall–Kier alpha value is -5.19. The van der Waals surface area contributed by atoms with Gasteiger partial charge in [-0.25, -0.2) is 0 Å². The number of Topliss-reactive ketones (excluding diaryl/α,β-unsaturated/α-hetero) is 1. The highest BCUT2D eigenvalue weighted by molar-refractivity contribution is 6.29. The van der Waals surface area contributed by atoms with E-state index >= 15 is 0 Å². The van der Waals surface area contributed by atoms with Crippen LogP contribution in [0.5, 0.6) is 0 Å². The van der Waals surface area contributed by atoms with Gasteiger partial charge in [0.1, 0.15) is 17.7 Å². The highest BCUT2D eigenvalue weighted by Crippen LogP contribution is 2.40. The van der Waals surface area contributed by atoms with Crippen molar-refractivity contribution in [2.75, 3.05) is 4.90 Å². The van der Waals surface area contributed by atoms with E-state index in [2.05, 4.69) is 29.2 Å². The Morgan fingerprint density at radius 3 is 1.66 bits per heavy atom. The molecule has 1 aliphatic carbocycles. The van der Waals surface area contributed by atoms with E-state index in [1.165, 1.54) is 0 Å². The molecule has 0 unspecified atom stereocenters. The Balaban J connectivity index is 1.58. The fraction of sp³-hybridized carbons (Fsp3) is 0. The Labute approximate surface area is 203 Å². The number of nitriles is 2. The van der Waals surface area contributed by atoms with Crippen molar-refractivity contribution < 1.29 is 4.79 Å². The molecule has 0 heterocycles. The summed E-state index contributed by atoms with van der Waals surface area (Å²) in [5.74, 6) is -0.183. The normalized spacial score (nSPS) is 13.1. The standard InChI is InChI=1S/C31H19N3O/c32-20-23(21-33)30-27-13-7-8-14-28(27)31(35)29(30)19-22-15-17-26(18-16-22)34(24-9-3-1-4-10-24)25-11-5-2-6-12-25/h1-19H/b29-19-. The van der Waals surface area contributed by atoms with Gasteiger partial charge in [-0.2, -0.15) is 10.5 Å². The van der Waals surface area contributed by atoms with Crippen LogP contribution in [0.2, 0.25) is 0 Å². The summed E-state index contributed by atoms with van der Waals surface area (Å²) in [6.07, 6.45) is 1.76. The lowest BCUT2D eigenvalue weighted by Crippen LogP contribution is -2.09.